The van der Waals surface area contributed by atoms with E-state index >= 15 is 0 Å². The van der Waals surface area contributed by atoms with Crippen LogP contribution in [0.1, 0.15) is 45.4 Å². The van der Waals surface area contributed by atoms with Crippen molar-refractivity contribution in [3.8, 4) is 0 Å². The second kappa shape index (κ2) is 7.84. The number of nitrogens with one attached hydrogen (secondary N) is 1. The van der Waals surface area contributed by atoms with E-state index < -0.39 is 0 Å². The maximum atomic E-state index is 12.2. The predicted octanol–water partition coefficient (Wildman–Crippen LogP) is 1.42. The molecule has 5 nitrogen and oxygen atoms in total. The van der Waals surface area contributed by atoms with Crippen LogP contribution in [-0.4, -0.2) is 65.8 Å². The Balaban J connectivity index is 1.71. The zero-order chi connectivity index (χ0) is 14.4. The number of carbonyl (C=O) groups is 1. The minimum atomic E-state index is -0.00243. The smallest absolute Gasteiger partial charge is 0.317 e. The van der Waals surface area contributed by atoms with Crippen LogP contribution in [-0.2, 0) is 0 Å². The molecule has 0 radical (unpaired) electrons. The summed E-state index contributed by atoms with van der Waals surface area (Å²) in [6.45, 7) is 5.56. The molecule has 1 saturated carbocycles. The van der Waals surface area contributed by atoms with Crippen molar-refractivity contribution in [2.45, 2.75) is 57.5 Å². The Hall–Kier alpha value is -0.810. The number of unbranched alkanes of at least 4 members (excludes halogenated alkanes) is 1. The highest BCUT2D eigenvalue weighted by Gasteiger charge is 2.32. The van der Waals surface area contributed by atoms with Crippen LogP contribution in [0, 0.1) is 0 Å². The van der Waals surface area contributed by atoms with Gasteiger partial charge in [0.05, 0.1) is 6.61 Å². The topological polar surface area (TPSA) is 55.8 Å². The van der Waals surface area contributed by atoms with Crippen molar-refractivity contribution in [2.75, 3.05) is 32.8 Å². The van der Waals surface area contributed by atoms with Crippen LogP contribution < -0.4 is 5.32 Å². The van der Waals surface area contributed by atoms with E-state index in [1.54, 1.807) is 4.90 Å². The van der Waals surface area contributed by atoms with Gasteiger partial charge in [-0.05, 0) is 32.1 Å². The highest BCUT2D eigenvalue weighted by Crippen LogP contribution is 2.29. The van der Waals surface area contributed by atoms with Crippen LogP contribution in [0.15, 0.2) is 0 Å². The Bertz CT molecular complexity index is 299. The lowest BCUT2D eigenvalue weighted by molar-refractivity contribution is 0.157. The number of amides is 2. The van der Waals surface area contributed by atoms with E-state index in [2.05, 4.69) is 17.1 Å². The van der Waals surface area contributed by atoms with Gasteiger partial charge in [-0.1, -0.05) is 13.3 Å². The van der Waals surface area contributed by atoms with E-state index in [0.717, 1.165) is 51.4 Å². The molecule has 1 saturated heterocycles. The average Bonchev–Trinajstić information content (AvgIpc) is 3.29. The third-order valence-electron chi connectivity index (χ3n) is 4.36. The summed E-state index contributed by atoms with van der Waals surface area (Å²) in [6.07, 6.45) is 6.89. The molecule has 1 heterocycles. The van der Waals surface area contributed by atoms with Crippen LogP contribution in [0.4, 0.5) is 4.79 Å². The van der Waals surface area contributed by atoms with Crippen molar-refractivity contribution in [3.05, 3.63) is 0 Å². The number of hydrogen-bond donors (Lipinski definition) is 2. The fourth-order valence-corrected chi connectivity index (χ4v) is 2.90. The maximum absolute atomic E-state index is 12.2. The normalized spacial score (nSPS) is 20.9. The van der Waals surface area contributed by atoms with E-state index in [-0.39, 0.29) is 12.6 Å². The largest absolute Gasteiger partial charge is 0.395 e. The number of carbonyl (C=O) groups excluding carboxylic acids is 1. The van der Waals surface area contributed by atoms with E-state index in [1.807, 2.05) is 0 Å². The minimum Gasteiger partial charge on any atom is -0.395 e. The Kier molecular flexibility index (Phi) is 6.10. The van der Waals surface area contributed by atoms with Crippen molar-refractivity contribution in [2.24, 2.45) is 0 Å². The lowest BCUT2D eigenvalue weighted by Gasteiger charge is -2.33. The number of nitrogens with zero attached hydrogens (tertiary/aromatic N) is 2. The van der Waals surface area contributed by atoms with Gasteiger partial charge in [-0.3, -0.25) is 0 Å². The quantitative estimate of drug-likeness (QED) is 0.743. The first-order chi connectivity index (χ1) is 9.74. The van der Waals surface area contributed by atoms with E-state index in [4.69, 9.17) is 5.11 Å². The number of hydrogen-bond acceptors (Lipinski definition) is 3. The average molecular weight is 283 g/mol. The molecular weight excluding hydrogens is 254 g/mol. The zero-order valence-electron chi connectivity index (χ0n) is 12.7. The molecule has 2 fully saturated rings. The lowest BCUT2D eigenvalue weighted by atomic mass is 10.1. The molecule has 0 bridgehead atoms. The standard InChI is InChI=1S/C15H29N3O2/c1-2-3-8-18(11-12-19)15(20)16-13-6-9-17(10-7-13)14-4-5-14/h13-14,19H,2-12H2,1H3,(H,16,20). The minimum absolute atomic E-state index is 0.00243. The Morgan fingerprint density at radius 3 is 2.50 bits per heavy atom. The van der Waals surface area contributed by atoms with Crippen LogP contribution in [0.2, 0.25) is 0 Å². The van der Waals surface area contributed by atoms with Crippen molar-refractivity contribution >= 4 is 6.03 Å². The molecule has 2 amide bonds. The van der Waals surface area contributed by atoms with Gasteiger partial charge < -0.3 is 20.2 Å². The molecule has 0 aromatic rings. The van der Waals surface area contributed by atoms with Gasteiger partial charge in [0, 0.05) is 38.3 Å². The molecular formula is C15H29N3O2. The van der Waals surface area contributed by atoms with Gasteiger partial charge in [-0.15, -0.1) is 0 Å². The number of piperidine rings is 1. The van der Waals surface area contributed by atoms with E-state index in [9.17, 15) is 4.79 Å². The molecule has 20 heavy (non-hydrogen) atoms. The first kappa shape index (κ1) is 15.6. The molecule has 0 spiro atoms. The number of aliphatic hydroxyl groups is 1. The molecule has 0 unspecified atom stereocenters. The second-order valence-corrected chi connectivity index (χ2v) is 6.06. The molecule has 1 aliphatic heterocycles. The van der Waals surface area contributed by atoms with Gasteiger partial charge >= 0.3 is 6.03 Å². The van der Waals surface area contributed by atoms with Gasteiger partial charge in [-0.25, -0.2) is 4.79 Å². The van der Waals surface area contributed by atoms with E-state index in [1.165, 1.54) is 12.8 Å². The summed E-state index contributed by atoms with van der Waals surface area (Å²) in [5, 5.41) is 12.2. The lowest BCUT2D eigenvalue weighted by Crippen LogP contribution is -2.50. The van der Waals surface area contributed by atoms with Crippen molar-refractivity contribution in [1.29, 1.82) is 0 Å². The summed E-state index contributed by atoms with van der Waals surface area (Å²) >= 11 is 0. The highest BCUT2D eigenvalue weighted by molar-refractivity contribution is 5.74. The maximum Gasteiger partial charge on any atom is 0.317 e. The van der Waals surface area contributed by atoms with Crippen molar-refractivity contribution in [1.82, 2.24) is 15.1 Å². The van der Waals surface area contributed by atoms with Gasteiger partial charge in [0.1, 0.15) is 0 Å². The molecule has 2 aliphatic rings. The fraction of sp³-hybridized carbons (Fsp3) is 0.933. The van der Waals surface area contributed by atoms with Crippen LogP contribution in [0.5, 0.6) is 0 Å². The summed E-state index contributed by atoms with van der Waals surface area (Å²) in [6, 6.07) is 1.14. The Labute approximate surface area is 122 Å². The highest BCUT2D eigenvalue weighted by atomic mass is 16.3. The predicted molar refractivity (Wildman–Crippen MR) is 79.7 cm³/mol. The SMILES string of the molecule is CCCCN(CCO)C(=O)NC1CCN(C2CC2)CC1. The number of rotatable bonds is 7. The number of likely N-dealkylation sites (tertiary alicyclic amines) is 1. The zero-order valence-corrected chi connectivity index (χ0v) is 12.7. The van der Waals surface area contributed by atoms with Gasteiger partial charge in [0.25, 0.3) is 0 Å². The number of aliphatic hydroxyl groups excluding tert-OH is 1. The summed E-state index contributed by atoms with van der Waals surface area (Å²) in [7, 11) is 0. The Morgan fingerprint density at radius 1 is 1.25 bits per heavy atom. The van der Waals surface area contributed by atoms with Crippen molar-refractivity contribution in [3.63, 3.8) is 0 Å². The molecule has 0 atom stereocenters. The van der Waals surface area contributed by atoms with Gasteiger partial charge in [-0.2, -0.15) is 0 Å². The summed E-state index contributed by atoms with van der Waals surface area (Å²) in [4.78, 5) is 16.5. The molecule has 2 rings (SSSR count). The first-order valence-electron chi connectivity index (χ1n) is 8.15. The van der Waals surface area contributed by atoms with Crippen LogP contribution in [0.25, 0.3) is 0 Å². The molecule has 116 valence electrons. The molecule has 2 N–H and O–H groups in total. The molecule has 5 heteroatoms. The first-order valence-corrected chi connectivity index (χ1v) is 8.15. The van der Waals surface area contributed by atoms with Crippen molar-refractivity contribution < 1.29 is 9.90 Å². The second-order valence-electron chi connectivity index (χ2n) is 6.06. The fourth-order valence-electron chi connectivity index (χ4n) is 2.90. The third-order valence-corrected chi connectivity index (χ3v) is 4.36. The van der Waals surface area contributed by atoms with E-state index in [0.29, 0.717) is 12.6 Å². The third kappa shape index (κ3) is 4.63. The summed E-state index contributed by atoms with van der Waals surface area (Å²) in [5.74, 6) is 0. The molecule has 0 aromatic carbocycles. The van der Waals surface area contributed by atoms with Crippen LogP contribution in [0.3, 0.4) is 0 Å². The van der Waals surface area contributed by atoms with Gasteiger partial charge in [0.15, 0.2) is 0 Å². The molecule has 0 aromatic heterocycles. The van der Waals surface area contributed by atoms with Gasteiger partial charge in [0.2, 0.25) is 0 Å². The summed E-state index contributed by atoms with van der Waals surface area (Å²) < 4.78 is 0. The van der Waals surface area contributed by atoms with Crippen LogP contribution >= 0.6 is 0 Å². The molecule has 1 aliphatic carbocycles. The number of urea groups is 1. The monoisotopic (exact) mass is 283 g/mol. The summed E-state index contributed by atoms with van der Waals surface area (Å²) in [5.41, 5.74) is 0. The Morgan fingerprint density at radius 2 is 1.95 bits per heavy atom.